The molecular formula is C28H35ClFN3O2. The van der Waals surface area contributed by atoms with Gasteiger partial charge in [-0.1, -0.05) is 62.3 Å². The molecule has 2 aromatic carbocycles. The van der Waals surface area contributed by atoms with Crippen molar-refractivity contribution in [3.8, 4) is 0 Å². The van der Waals surface area contributed by atoms with Crippen LogP contribution >= 0.6 is 11.6 Å². The first kappa shape index (κ1) is 24.4. The SMILES string of the molecule is O=C(NC1CCCCC1)C(C1CCCCC1)C1(C(O)c2ccc(Cl)cc2)Nc2ccc(F)cc2N1. The predicted molar refractivity (Wildman–Crippen MR) is 138 cm³/mol. The number of carbonyl (C=O) groups is 1. The van der Waals surface area contributed by atoms with Crippen LogP contribution in [-0.4, -0.2) is 22.7 Å². The Labute approximate surface area is 211 Å². The Bertz CT molecular complexity index is 1040. The van der Waals surface area contributed by atoms with E-state index in [4.69, 9.17) is 11.6 Å². The number of nitrogens with one attached hydrogen (secondary N) is 3. The number of aliphatic hydroxyl groups excluding tert-OH is 1. The van der Waals surface area contributed by atoms with Crippen LogP contribution in [0.5, 0.6) is 0 Å². The lowest BCUT2D eigenvalue weighted by atomic mass is 9.70. The lowest BCUT2D eigenvalue weighted by molar-refractivity contribution is -0.132. The van der Waals surface area contributed by atoms with Gasteiger partial charge in [0.2, 0.25) is 5.91 Å². The molecule has 1 aliphatic heterocycles. The maximum Gasteiger partial charge on any atom is 0.228 e. The number of rotatable bonds is 6. The Kier molecular flexibility index (Phi) is 7.21. The van der Waals surface area contributed by atoms with Gasteiger partial charge in [-0.25, -0.2) is 4.39 Å². The summed E-state index contributed by atoms with van der Waals surface area (Å²) in [6.07, 6.45) is 9.49. The molecule has 0 saturated heterocycles. The molecule has 2 fully saturated rings. The first-order chi connectivity index (χ1) is 17.0. The number of fused-ring (bicyclic) bond motifs is 1. The number of amides is 1. The van der Waals surface area contributed by atoms with Crippen LogP contribution in [-0.2, 0) is 4.79 Å². The molecule has 0 bridgehead atoms. The second-order valence-electron chi connectivity index (χ2n) is 10.5. The largest absolute Gasteiger partial charge is 0.384 e. The van der Waals surface area contributed by atoms with Gasteiger partial charge in [-0.05, 0) is 67.5 Å². The number of carbonyl (C=O) groups excluding carboxylic acids is 1. The van der Waals surface area contributed by atoms with Crippen molar-refractivity contribution in [2.45, 2.75) is 82.0 Å². The molecule has 5 nitrogen and oxygen atoms in total. The first-order valence-electron chi connectivity index (χ1n) is 13.1. The second-order valence-corrected chi connectivity index (χ2v) is 10.9. The molecule has 1 amide bonds. The van der Waals surface area contributed by atoms with Crippen molar-refractivity contribution in [2.24, 2.45) is 11.8 Å². The van der Waals surface area contributed by atoms with Crippen LogP contribution in [0.15, 0.2) is 42.5 Å². The zero-order valence-corrected chi connectivity index (χ0v) is 20.8. The van der Waals surface area contributed by atoms with E-state index in [0.29, 0.717) is 22.0 Å². The van der Waals surface area contributed by atoms with Crippen molar-refractivity contribution >= 4 is 28.9 Å². The minimum absolute atomic E-state index is 0.0370. The summed E-state index contributed by atoms with van der Waals surface area (Å²) in [6, 6.07) is 11.7. The normalized spacial score (nSPS) is 24.7. The van der Waals surface area contributed by atoms with Gasteiger partial charge in [-0.15, -0.1) is 0 Å². The lowest BCUT2D eigenvalue weighted by Crippen LogP contribution is -2.61. The number of hydrogen-bond acceptors (Lipinski definition) is 4. The summed E-state index contributed by atoms with van der Waals surface area (Å²) >= 11 is 6.13. The zero-order chi connectivity index (χ0) is 24.4. The molecule has 7 heteroatoms. The highest BCUT2D eigenvalue weighted by Gasteiger charge is 2.55. The van der Waals surface area contributed by atoms with E-state index in [0.717, 1.165) is 57.8 Å². The summed E-state index contributed by atoms with van der Waals surface area (Å²) in [5, 5.41) is 22.7. The van der Waals surface area contributed by atoms with Gasteiger partial charge in [0, 0.05) is 11.1 Å². The topological polar surface area (TPSA) is 73.4 Å². The molecule has 0 radical (unpaired) electrons. The highest BCUT2D eigenvalue weighted by atomic mass is 35.5. The van der Waals surface area contributed by atoms with Crippen molar-refractivity contribution in [2.75, 3.05) is 10.6 Å². The van der Waals surface area contributed by atoms with Crippen LogP contribution in [0.3, 0.4) is 0 Å². The second kappa shape index (κ2) is 10.4. The molecule has 3 atom stereocenters. The summed E-state index contributed by atoms with van der Waals surface area (Å²) in [7, 11) is 0. The number of hydrogen-bond donors (Lipinski definition) is 4. The zero-order valence-electron chi connectivity index (χ0n) is 20.0. The van der Waals surface area contributed by atoms with Gasteiger partial charge in [0.15, 0.2) is 5.66 Å². The lowest BCUT2D eigenvalue weighted by Gasteiger charge is -2.46. The predicted octanol–water partition coefficient (Wildman–Crippen LogP) is 6.39. The van der Waals surface area contributed by atoms with E-state index in [1.165, 1.54) is 18.6 Å². The number of halogens is 2. The summed E-state index contributed by atoms with van der Waals surface area (Å²) < 4.78 is 14.2. The van der Waals surface area contributed by atoms with E-state index in [-0.39, 0.29) is 23.7 Å². The molecule has 2 saturated carbocycles. The van der Waals surface area contributed by atoms with Gasteiger partial charge < -0.3 is 21.1 Å². The minimum Gasteiger partial charge on any atom is -0.384 e. The molecule has 1 heterocycles. The Morgan fingerprint density at radius 2 is 1.57 bits per heavy atom. The van der Waals surface area contributed by atoms with Crippen LogP contribution in [0.2, 0.25) is 5.02 Å². The average molecular weight is 500 g/mol. The molecule has 3 aliphatic rings. The first-order valence-corrected chi connectivity index (χ1v) is 13.4. The smallest absolute Gasteiger partial charge is 0.228 e. The van der Waals surface area contributed by atoms with Crippen LogP contribution in [0, 0.1) is 17.7 Å². The highest BCUT2D eigenvalue weighted by Crippen LogP contribution is 2.49. The molecule has 4 N–H and O–H groups in total. The molecule has 3 unspecified atom stereocenters. The number of benzene rings is 2. The van der Waals surface area contributed by atoms with Crippen molar-refractivity contribution in [3.63, 3.8) is 0 Å². The van der Waals surface area contributed by atoms with Gasteiger partial charge in [-0.3, -0.25) is 4.79 Å². The van der Waals surface area contributed by atoms with Gasteiger partial charge in [0.05, 0.1) is 17.3 Å². The van der Waals surface area contributed by atoms with E-state index in [9.17, 15) is 14.3 Å². The molecule has 2 aliphatic carbocycles. The molecule has 2 aromatic rings. The molecule has 35 heavy (non-hydrogen) atoms. The number of aliphatic hydroxyl groups is 1. The van der Waals surface area contributed by atoms with Crippen LogP contribution in [0.4, 0.5) is 15.8 Å². The summed E-state index contributed by atoms with van der Waals surface area (Å²) in [4.78, 5) is 14.1. The maximum absolute atomic E-state index is 14.2. The quantitative estimate of drug-likeness (QED) is 0.371. The van der Waals surface area contributed by atoms with Crippen molar-refractivity contribution < 1.29 is 14.3 Å². The Balaban J connectivity index is 1.56. The maximum atomic E-state index is 14.2. The van der Waals surface area contributed by atoms with E-state index in [2.05, 4.69) is 16.0 Å². The third-order valence-corrected chi connectivity index (χ3v) is 8.38. The van der Waals surface area contributed by atoms with Crippen LogP contribution < -0.4 is 16.0 Å². The van der Waals surface area contributed by atoms with Gasteiger partial charge in [0.25, 0.3) is 0 Å². The van der Waals surface area contributed by atoms with Crippen molar-refractivity contribution in [3.05, 3.63) is 58.9 Å². The van der Waals surface area contributed by atoms with E-state index >= 15 is 0 Å². The fourth-order valence-corrected chi connectivity index (χ4v) is 6.50. The van der Waals surface area contributed by atoms with Crippen LogP contribution in [0.25, 0.3) is 0 Å². The fourth-order valence-electron chi connectivity index (χ4n) is 6.37. The standard InChI is InChI=1S/C28H35ClFN3O2/c29-20-13-11-19(12-14-20)26(34)28(32-23-16-15-21(30)17-24(23)33-28)25(18-7-3-1-4-8-18)27(35)31-22-9-5-2-6-10-22/h11-18,22,25-26,32-34H,1-10H2,(H,31,35). The summed E-state index contributed by atoms with van der Waals surface area (Å²) in [5.74, 6) is -0.861. The Morgan fingerprint density at radius 1 is 0.943 bits per heavy atom. The van der Waals surface area contributed by atoms with E-state index in [1.54, 1.807) is 30.3 Å². The molecule has 188 valence electrons. The van der Waals surface area contributed by atoms with Gasteiger partial charge in [-0.2, -0.15) is 0 Å². The van der Waals surface area contributed by atoms with Crippen LogP contribution in [0.1, 0.15) is 75.9 Å². The van der Waals surface area contributed by atoms with Gasteiger partial charge >= 0.3 is 0 Å². The van der Waals surface area contributed by atoms with E-state index < -0.39 is 17.7 Å². The van der Waals surface area contributed by atoms with E-state index in [1.807, 2.05) is 0 Å². The summed E-state index contributed by atoms with van der Waals surface area (Å²) in [6.45, 7) is 0. The number of anilines is 2. The molecule has 0 aromatic heterocycles. The highest BCUT2D eigenvalue weighted by molar-refractivity contribution is 6.30. The monoisotopic (exact) mass is 499 g/mol. The van der Waals surface area contributed by atoms with Crippen molar-refractivity contribution in [1.29, 1.82) is 0 Å². The third kappa shape index (κ3) is 5.01. The average Bonchev–Trinajstić information content (AvgIpc) is 3.24. The summed E-state index contributed by atoms with van der Waals surface area (Å²) in [5.41, 5.74) is 0.675. The Morgan fingerprint density at radius 3 is 2.26 bits per heavy atom. The van der Waals surface area contributed by atoms with Gasteiger partial charge in [0.1, 0.15) is 11.9 Å². The molecule has 5 rings (SSSR count). The molecular weight excluding hydrogens is 465 g/mol. The molecule has 0 spiro atoms. The third-order valence-electron chi connectivity index (χ3n) is 8.13. The fraction of sp³-hybridized carbons (Fsp3) is 0.536. The minimum atomic E-state index is -1.22. The Hall–Kier alpha value is -2.31. The van der Waals surface area contributed by atoms with Crippen molar-refractivity contribution in [1.82, 2.24) is 5.32 Å².